The highest BCUT2D eigenvalue weighted by Crippen LogP contribution is 2.34. The van der Waals surface area contributed by atoms with Gasteiger partial charge in [-0.2, -0.15) is 0 Å². The third kappa shape index (κ3) is 5.97. The molecule has 142 valence electrons. The fourth-order valence-electron chi connectivity index (χ4n) is 2.23. The second-order valence-corrected chi connectivity index (χ2v) is 7.49. The number of aliphatic hydroxyl groups excluding tert-OH is 1. The number of nitrogens with one attached hydrogen (secondary N) is 1. The molecule has 0 aliphatic rings. The van der Waals surface area contributed by atoms with Gasteiger partial charge in [0.1, 0.15) is 12.4 Å². The summed E-state index contributed by atoms with van der Waals surface area (Å²) >= 11 is 3.57. The Kier molecular flexibility index (Phi) is 7.43. The first kappa shape index (κ1) is 20.7. The second kappa shape index (κ2) is 9.35. The van der Waals surface area contributed by atoms with E-state index in [1.807, 2.05) is 32.9 Å². The second-order valence-electron chi connectivity index (χ2n) is 6.63. The SMILES string of the molecule is CCOc1cc(CNC(C)(C)CO)c(Br)cc1OCc1ccc(F)cc1. The maximum Gasteiger partial charge on any atom is 0.162 e. The third-order valence-electron chi connectivity index (χ3n) is 3.87. The molecule has 0 fully saturated rings. The zero-order valence-electron chi connectivity index (χ0n) is 15.3. The molecule has 0 saturated heterocycles. The van der Waals surface area contributed by atoms with Crippen molar-refractivity contribution < 1.29 is 19.0 Å². The lowest BCUT2D eigenvalue weighted by Crippen LogP contribution is -2.42. The van der Waals surface area contributed by atoms with E-state index in [0.29, 0.717) is 31.3 Å². The number of rotatable bonds is 9. The highest BCUT2D eigenvalue weighted by Gasteiger charge is 2.17. The Balaban J connectivity index is 2.15. The maximum atomic E-state index is 13.0. The van der Waals surface area contributed by atoms with E-state index in [9.17, 15) is 9.50 Å². The Labute approximate surface area is 162 Å². The van der Waals surface area contributed by atoms with Crippen molar-refractivity contribution in [3.8, 4) is 11.5 Å². The predicted molar refractivity (Wildman–Crippen MR) is 104 cm³/mol. The van der Waals surface area contributed by atoms with Gasteiger partial charge in [0.2, 0.25) is 0 Å². The third-order valence-corrected chi connectivity index (χ3v) is 4.61. The van der Waals surface area contributed by atoms with Crippen LogP contribution in [0.25, 0.3) is 0 Å². The molecule has 4 nitrogen and oxygen atoms in total. The van der Waals surface area contributed by atoms with Crippen LogP contribution in [0.1, 0.15) is 31.9 Å². The molecule has 26 heavy (non-hydrogen) atoms. The minimum absolute atomic E-state index is 0.0435. The van der Waals surface area contributed by atoms with Gasteiger partial charge < -0.3 is 19.9 Å². The summed E-state index contributed by atoms with van der Waals surface area (Å²) in [6.07, 6.45) is 0. The topological polar surface area (TPSA) is 50.7 Å². The van der Waals surface area contributed by atoms with Crippen molar-refractivity contribution in [1.29, 1.82) is 0 Å². The zero-order chi connectivity index (χ0) is 19.2. The van der Waals surface area contributed by atoms with E-state index < -0.39 is 0 Å². The molecule has 0 bridgehead atoms. The van der Waals surface area contributed by atoms with E-state index in [0.717, 1.165) is 15.6 Å². The van der Waals surface area contributed by atoms with Crippen LogP contribution >= 0.6 is 15.9 Å². The largest absolute Gasteiger partial charge is 0.490 e. The monoisotopic (exact) mass is 425 g/mol. The Hall–Kier alpha value is -1.63. The highest BCUT2D eigenvalue weighted by molar-refractivity contribution is 9.10. The minimum Gasteiger partial charge on any atom is -0.490 e. The molecule has 2 N–H and O–H groups in total. The van der Waals surface area contributed by atoms with Crippen LogP contribution in [-0.2, 0) is 13.2 Å². The van der Waals surface area contributed by atoms with E-state index in [2.05, 4.69) is 21.2 Å². The molecule has 0 spiro atoms. The van der Waals surface area contributed by atoms with Gasteiger partial charge in [-0.25, -0.2) is 4.39 Å². The molecule has 0 aliphatic carbocycles. The standard InChI is InChI=1S/C20H25BrFNO3/c1-4-25-18-9-15(11-23-20(2,3)13-24)17(21)10-19(18)26-12-14-5-7-16(22)8-6-14/h5-10,23-24H,4,11-13H2,1-3H3. The van der Waals surface area contributed by atoms with Gasteiger partial charge in [-0.1, -0.05) is 28.1 Å². The Morgan fingerprint density at radius 3 is 2.38 bits per heavy atom. The number of ether oxygens (including phenoxy) is 2. The van der Waals surface area contributed by atoms with Gasteiger partial charge in [0, 0.05) is 16.6 Å². The van der Waals surface area contributed by atoms with Crippen LogP contribution in [0.2, 0.25) is 0 Å². The van der Waals surface area contributed by atoms with Crippen LogP contribution in [-0.4, -0.2) is 23.9 Å². The molecule has 2 aromatic rings. The average molecular weight is 426 g/mol. The summed E-state index contributed by atoms with van der Waals surface area (Å²) in [5.41, 5.74) is 1.51. The fourth-order valence-corrected chi connectivity index (χ4v) is 2.69. The number of halogens is 2. The Morgan fingerprint density at radius 1 is 1.12 bits per heavy atom. The fraction of sp³-hybridized carbons (Fsp3) is 0.400. The van der Waals surface area contributed by atoms with Crippen LogP contribution < -0.4 is 14.8 Å². The first-order valence-electron chi connectivity index (χ1n) is 8.53. The quantitative estimate of drug-likeness (QED) is 0.623. The van der Waals surface area contributed by atoms with Crippen molar-refractivity contribution in [2.45, 2.75) is 39.5 Å². The zero-order valence-corrected chi connectivity index (χ0v) is 16.9. The molecule has 0 atom stereocenters. The van der Waals surface area contributed by atoms with E-state index in [-0.39, 0.29) is 18.0 Å². The van der Waals surface area contributed by atoms with Crippen molar-refractivity contribution in [3.63, 3.8) is 0 Å². The molecule has 0 amide bonds. The smallest absolute Gasteiger partial charge is 0.162 e. The van der Waals surface area contributed by atoms with E-state index in [1.54, 1.807) is 12.1 Å². The van der Waals surface area contributed by atoms with Gasteiger partial charge in [0.25, 0.3) is 0 Å². The summed E-state index contributed by atoms with van der Waals surface area (Å²) in [5, 5.41) is 12.7. The Morgan fingerprint density at radius 2 is 1.77 bits per heavy atom. The Bertz CT molecular complexity index is 720. The lowest BCUT2D eigenvalue weighted by Gasteiger charge is -2.24. The van der Waals surface area contributed by atoms with Crippen molar-refractivity contribution in [2.24, 2.45) is 0 Å². The molecule has 2 aromatic carbocycles. The first-order valence-corrected chi connectivity index (χ1v) is 9.32. The molecular weight excluding hydrogens is 401 g/mol. The molecular formula is C20H25BrFNO3. The first-order chi connectivity index (χ1) is 12.3. The highest BCUT2D eigenvalue weighted by atomic mass is 79.9. The lowest BCUT2D eigenvalue weighted by molar-refractivity contribution is 0.187. The van der Waals surface area contributed by atoms with E-state index in [4.69, 9.17) is 9.47 Å². The van der Waals surface area contributed by atoms with E-state index in [1.165, 1.54) is 12.1 Å². The summed E-state index contributed by atoms with van der Waals surface area (Å²) in [5.74, 6) is 0.999. The average Bonchev–Trinajstić information content (AvgIpc) is 2.62. The van der Waals surface area contributed by atoms with Gasteiger partial charge in [0.15, 0.2) is 11.5 Å². The van der Waals surface area contributed by atoms with Gasteiger partial charge in [-0.15, -0.1) is 0 Å². The molecule has 2 rings (SSSR count). The maximum absolute atomic E-state index is 13.0. The molecule has 6 heteroatoms. The van der Waals surface area contributed by atoms with Gasteiger partial charge >= 0.3 is 0 Å². The molecule has 0 heterocycles. The van der Waals surface area contributed by atoms with Crippen molar-refractivity contribution in [2.75, 3.05) is 13.2 Å². The molecule has 0 unspecified atom stereocenters. The van der Waals surface area contributed by atoms with Gasteiger partial charge in [0.05, 0.1) is 13.2 Å². The lowest BCUT2D eigenvalue weighted by atomic mass is 10.1. The van der Waals surface area contributed by atoms with Crippen LogP contribution in [0, 0.1) is 5.82 Å². The van der Waals surface area contributed by atoms with Gasteiger partial charge in [-0.3, -0.25) is 0 Å². The summed E-state index contributed by atoms with van der Waals surface area (Å²) in [7, 11) is 0. The molecule has 0 aliphatic heterocycles. The molecule has 0 radical (unpaired) electrons. The van der Waals surface area contributed by atoms with Crippen LogP contribution in [0.4, 0.5) is 4.39 Å². The number of benzene rings is 2. The van der Waals surface area contributed by atoms with Crippen molar-refractivity contribution >= 4 is 15.9 Å². The number of hydrogen-bond donors (Lipinski definition) is 2. The van der Waals surface area contributed by atoms with Crippen molar-refractivity contribution in [1.82, 2.24) is 5.32 Å². The normalized spacial score (nSPS) is 11.5. The predicted octanol–water partition coefficient (Wildman–Crippen LogP) is 4.43. The van der Waals surface area contributed by atoms with Crippen molar-refractivity contribution in [3.05, 3.63) is 57.8 Å². The molecule has 0 saturated carbocycles. The summed E-state index contributed by atoms with van der Waals surface area (Å²) in [4.78, 5) is 0. The van der Waals surface area contributed by atoms with E-state index >= 15 is 0 Å². The summed E-state index contributed by atoms with van der Waals surface area (Å²) in [6.45, 7) is 7.24. The molecule has 0 aromatic heterocycles. The van der Waals surface area contributed by atoms with Gasteiger partial charge in [-0.05, 0) is 56.2 Å². The number of aliphatic hydroxyl groups is 1. The van der Waals surface area contributed by atoms with Crippen LogP contribution in [0.5, 0.6) is 11.5 Å². The van der Waals surface area contributed by atoms with Crippen LogP contribution in [0.15, 0.2) is 40.9 Å². The van der Waals surface area contributed by atoms with Crippen LogP contribution in [0.3, 0.4) is 0 Å². The summed E-state index contributed by atoms with van der Waals surface area (Å²) in [6, 6.07) is 10.0. The minimum atomic E-state index is -0.372. The number of hydrogen-bond acceptors (Lipinski definition) is 4. The summed E-state index contributed by atoms with van der Waals surface area (Å²) < 4.78 is 25.5.